The van der Waals surface area contributed by atoms with Crippen molar-refractivity contribution in [3.63, 3.8) is 0 Å². The number of rotatable bonds is 7. The van der Waals surface area contributed by atoms with Crippen molar-refractivity contribution < 1.29 is 9.53 Å². The van der Waals surface area contributed by atoms with Gasteiger partial charge in [0.15, 0.2) is 5.17 Å². The fourth-order valence-electron chi connectivity index (χ4n) is 3.20. The highest BCUT2D eigenvalue weighted by Gasteiger charge is 2.32. The third-order valence-electron chi connectivity index (χ3n) is 4.88. The third-order valence-corrected chi connectivity index (χ3v) is 6.39. The lowest BCUT2D eigenvalue weighted by Gasteiger charge is -2.13. The lowest BCUT2D eigenvalue weighted by atomic mass is 10.2. The molecule has 3 aromatic carbocycles. The van der Waals surface area contributed by atoms with Gasteiger partial charge in [-0.3, -0.25) is 9.69 Å². The van der Waals surface area contributed by atoms with Gasteiger partial charge in [0.2, 0.25) is 0 Å². The molecule has 0 unspecified atom stereocenters. The number of nitrogens with zero attached hydrogens (tertiary/aromatic N) is 2. The van der Waals surface area contributed by atoms with Gasteiger partial charge in [0.1, 0.15) is 12.4 Å². The summed E-state index contributed by atoms with van der Waals surface area (Å²) in [7, 11) is 0. The van der Waals surface area contributed by atoms with Gasteiger partial charge >= 0.3 is 0 Å². The molecule has 0 atom stereocenters. The van der Waals surface area contributed by atoms with Crippen molar-refractivity contribution in [2.24, 2.45) is 4.99 Å². The van der Waals surface area contributed by atoms with Gasteiger partial charge in [-0.05, 0) is 83.9 Å². The van der Waals surface area contributed by atoms with Crippen LogP contribution in [0.15, 0.2) is 82.7 Å². The lowest BCUT2D eigenvalue weighted by Crippen LogP contribution is -2.29. The number of carbonyl (C=O) groups excluding carboxylic acids is 1. The summed E-state index contributed by atoms with van der Waals surface area (Å²) in [6, 6.07) is 22.5. The summed E-state index contributed by atoms with van der Waals surface area (Å²) in [6.45, 7) is 3.12. The van der Waals surface area contributed by atoms with Crippen molar-refractivity contribution in [1.82, 2.24) is 4.90 Å². The Morgan fingerprint density at radius 2 is 1.58 bits per heavy atom. The van der Waals surface area contributed by atoms with E-state index in [4.69, 9.17) is 27.9 Å². The maximum absolute atomic E-state index is 13.0. The highest BCUT2D eigenvalue weighted by Crippen LogP contribution is 2.34. The molecule has 1 aliphatic heterocycles. The zero-order chi connectivity index (χ0) is 23.2. The van der Waals surface area contributed by atoms with Crippen LogP contribution in [0.3, 0.4) is 0 Å². The number of benzene rings is 3. The average molecular weight is 497 g/mol. The molecular formula is C26H22Cl2N2O2S. The first-order chi connectivity index (χ1) is 16.0. The molecule has 0 spiro atoms. The first kappa shape index (κ1) is 23.4. The van der Waals surface area contributed by atoms with Gasteiger partial charge in [0.25, 0.3) is 5.91 Å². The van der Waals surface area contributed by atoms with Crippen LogP contribution in [0.5, 0.6) is 5.75 Å². The van der Waals surface area contributed by atoms with Gasteiger partial charge in [0, 0.05) is 16.6 Å². The van der Waals surface area contributed by atoms with E-state index in [9.17, 15) is 4.79 Å². The molecule has 3 aromatic rings. The number of halogens is 2. The number of aliphatic imine (C=N–C) groups is 1. The molecule has 1 heterocycles. The fourth-order valence-corrected chi connectivity index (χ4v) is 4.47. The molecule has 168 valence electrons. The molecule has 0 N–H and O–H groups in total. The molecule has 4 nitrogen and oxygen atoms in total. The Hall–Kier alpha value is -2.73. The maximum Gasteiger partial charge on any atom is 0.266 e. The molecule has 0 bridgehead atoms. The quantitative estimate of drug-likeness (QED) is 0.316. The van der Waals surface area contributed by atoms with E-state index in [2.05, 4.69) is 4.99 Å². The summed E-state index contributed by atoms with van der Waals surface area (Å²) in [4.78, 5) is 20.1. The van der Waals surface area contributed by atoms with Crippen LogP contribution in [0.1, 0.15) is 24.5 Å². The first-order valence-corrected chi connectivity index (χ1v) is 12.1. The SMILES string of the molecule is CCCN1C(=O)/C(=C/c2ccc(OCc3ccc(Cl)cc3)cc2)SC1=Nc1ccc(Cl)cc1. The molecule has 0 aromatic heterocycles. The van der Waals surface area contributed by atoms with E-state index in [1.165, 1.54) is 11.8 Å². The number of amidine groups is 1. The molecule has 0 aliphatic carbocycles. The minimum absolute atomic E-state index is 0.0300. The molecule has 0 saturated carbocycles. The van der Waals surface area contributed by atoms with Crippen LogP contribution in [0.2, 0.25) is 10.0 Å². The average Bonchev–Trinajstić information content (AvgIpc) is 3.10. The number of hydrogen-bond donors (Lipinski definition) is 0. The summed E-state index contributed by atoms with van der Waals surface area (Å²) >= 11 is 13.3. The third kappa shape index (κ3) is 6.20. The van der Waals surface area contributed by atoms with E-state index in [1.54, 1.807) is 17.0 Å². The standard InChI is InChI=1S/C26H22Cl2N2O2S/c1-2-15-30-25(31)24(33-26(30)29-22-11-9-21(28)10-12-22)16-18-5-13-23(14-6-18)32-17-19-3-7-20(27)8-4-19/h3-14,16H,2,15,17H2,1H3/b24-16-,29-26?. The lowest BCUT2D eigenvalue weighted by molar-refractivity contribution is -0.122. The second kappa shape index (κ2) is 10.9. The van der Waals surface area contributed by atoms with Crippen molar-refractivity contribution >= 4 is 57.8 Å². The zero-order valence-electron chi connectivity index (χ0n) is 18.0. The predicted molar refractivity (Wildman–Crippen MR) is 138 cm³/mol. The topological polar surface area (TPSA) is 41.9 Å². The normalized spacial score (nSPS) is 16.1. The van der Waals surface area contributed by atoms with E-state index >= 15 is 0 Å². The second-order valence-corrected chi connectivity index (χ2v) is 9.30. The van der Waals surface area contributed by atoms with E-state index in [0.29, 0.717) is 33.3 Å². The first-order valence-electron chi connectivity index (χ1n) is 10.5. The number of hydrogen-bond acceptors (Lipinski definition) is 4. The van der Waals surface area contributed by atoms with Crippen molar-refractivity contribution in [2.75, 3.05) is 6.54 Å². The largest absolute Gasteiger partial charge is 0.489 e. The van der Waals surface area contributed by atoms with Gasteiger partial charge in [-0.15, -0.1) is 0 Å². The van der Waals surface area contributed by atoms with Gasteiger partial charge in [-0.2, -0.15) is 0 Å². The summed E-state index contributed by atoms with van der Waals surface area (Å²) in [5, 5.41) is 2.04. The molecule has 0 radical (unpaired) electrons. The van der Waals surface area contributed by atoms with Crippen LogP contribution in [0.25, 0.3) is 6.08 Å². The van der Waals surface area contributed by atoms with Crippen LogP contribution < -0.4 is 4.74 Å². The van der Waals surface area contributed by atoms with E-state index < -0.39 is 0 Å². The Morgan fingerprint density at radius 1 is 0.939 bits per heavy atom. The van der Waals surface area contributed by atoms with Gasteiger partial charge < -0.3 is 4.74 Å². The van der Waals surface area contributed by atoms with E-state index in [0.717, 1.165) is 29.0 Å². The number of thioether (sulfide) groups is 1. The van der Waals surface area contributed by atoms with Gasteiger partial charge in [0.05, 0.1) is 10.6 Å². The molecule has 1 saturated heterocycles. The molecule has 33 heavy (non-hydrogen) atoms. The maximum atomic E-state index is 13.0. The Labute approximate surface area is 207 Å². The van der Waals surface area contributed by atoms with Crippen LogP contribution in [0.4, 0.5) is 5.69 Å². The summed E-state index contributed by atoms with van der Waals surface area (Å²) in [6.07, 6.45) is 2.74. The van der Waals surface area contributed by atoms with E-state index in [1.807, 2.05) is 73.7 Å². The molecule has 4 rings (SSSR count). The number of carbonyl (C=O) groups is 1. The Balaban J connectivity index is 1.47. The summed E-state index contributed by atoms with van der Waals surface area (Å²) in [5.74, 6) is 0.729. The van der Waals surface area contributed by atoms with Crippen LogP contribution in [-0.2, 0) is 11.4 Å². The smallest absolute Gasteiger partial charge is 0.266 e. The van der Waals surface area contributed by atoms with E-state index in [-0.39, 0.29) is 5.91 Å². The Kier molecular flexibility index (Phi) is 7.76. The van der Waals surface area contributed by atoms with Crippen molar-refractivity contribution in [3.8, 4) is 5.75 Å². The van der Waals surface area contributed by atoms with Crippen LogP contribution in [0, 0.1) is 0 Å². The van der Waals surface area contributed by atoms with Gasteiger partial charge in [-0.25, -0.2) is 4.99 Å². The minimum atomic E-state index is -0.0300. The Morgan fingerprint density at radius 3 is 2.21 bits per heavy atom. The fraction of sp³-hybridized carbons (Fsp3) is 0.154. The van der Waals surface area contributed by atoms with Crippen molar-refractivity contribution in [2.45, 2.75) is 20.0 Å². The summed E-state index contributed by atoms with van der Waals surface area (Å²) in [5.41, 5.74) is 2.73. The minimum Gasteiger partial charge on any atom is -0.489 e. The molecule has 1 fully saturated rings. The molecule has 1 aliphatic rings. The zero-order valence-corrected chi connectivity index (χ0v) is 20.3. The summed E-state index contributed by atoms with van der Waals surface area (Å²) < 4.78 is 5.85. The molecular weight excluding hydrogens is 475 g/mol. The van der Waals surface area contributed by atoms with Crippen molar-refractivity contribution in [1.29, 1.82) is 0 Å². The van der Waals surface area contributed by atoms with Crippen molar-refractivity contribution in [3.05, 3.63) is 98.9 Å². The van der Waals surface area contributed by atoms with Crippen LogP contribution in [-0.4, -0.2) is 22.5 Å². The molecule has 7 heteroatoms. The number of amides is 1. The highest BCUT2D eigenvalue weighted by molar-refractivity contribution is 8.18. The van der Waals surface area contributed by atoms with Gasteiger partial charge in [-0.1, -0.05) is 54.4 Å². The number of ether oxygens (including phenoxy) is 1. The Bertz CT molecular complexity index is 1170. The van der Waals surface area contributed by atoms with Crippen LogP contribution >= 0.6 is 35.0 Å². The predicted octanol–water partition coefficient (Wildman–Crippen LogP) is 7.59. The second-order valence-electron chi connectivity index (χ2n) is 7.42. The highest BCUT2D eigenvalue weighted by atomic mass is 35.5. The monoisotopic (exact) mass is 496 g/mol. The molecule has 1 amide bonds.